The molecule has 0 amide bonds. The number of allylic oxidation sites excluding steroid dienone is 1. The SMILES string of the molecule is C1=Cc2c(c3ccccc3n2-c2ccc3oc4ccc(-c5cccc(-n6c7ccccc7c7ccccc76)c5)cc4c3c2)CC1. The summed E-state index contributed by atoms with van der Waals surface area (Å²) in [5.74, 6) is 0. The monoisotopic (exact) mass is 576 g/mol. The summed E-state index contributed by atoms with van der Waals surface area (Å²) in [4.78, 5) is 0. The molecular weight excluding hydrogens is 548 g/mol. The molecule has 0 bridgehead atoms. The van der Waals surface area contributed by atoms with Gasteiger partial charge in [-0.3, -0.25) is 0 Å². The van der Waals surface area contributed by atoms with E-state index in [1.165, 1.54) is 55.1 Å². The van der Waals surface area contributed by atoms with Crippen molar-refractivity contribution in [2.24, 2.45) is 0 Å². The van der Waals surface area contributed by atoms with Crippen molar-refractivity contribution in [3.63, 3.8) is 0 Å². The molecule has 3 heterocycles. The number of hydrogen-bond acceptors (Lipinski definition) is 1. The first-order chi connectivity index (χ1) is 22.3. The number of fused-ring (bicyclic) bond motifs is 9. The van der Waals surface area contributed by atoms with Crippen molar-refractivity contribution >= 4 is 60.7 Å². The molecule has 0 spiro atoms. The van der Waals surface area contributed by atoms with Gasteiger partial charge >= 0.3 is 0 Å². The Morgan fingerprint density at radius 3 is 1.87 bits per heavy atom. The first-order valence-electron chi connectivity index (χ1n) is 15.7. The van der Waals surface area contributed by atoms with E-state index in [-0.39, 0.29) is 0 Å². The Hall–Kier alpha value is -5.80. The predicted octanol–water partition coefficient (Wildman–Crippen LogP) is 11.3. The van der Waals surface area contributed by atoms with Crippen LogP contribution in [0.3, 0.4) is 0 Å². The quantitative estimate of drug-likeness (QED) is 0.205. The van der Waals surface area contributed by atoms with Crippen LogP contribution in [0.5, 0.6) is 0 Å². The molecule has 1 aliphatic carbocycles. The molecule has 10 rings (SSSR count). The molecule has 45 heavy (non-hydrogen) atoms. The highest BCUT2D eigenvalue weighted by atomic mass is 16.3. The fourth-order valence-electron chi connectivity index (χ4n) is 7.57. The third kappa shape index (κ3) is 3.58. The fraction of sp³-hybridized carbons (Fsp3) is 0.0476. The van der Waals surface area contributed by atoms with Crippen LogP contribution in [0, 0.1) is 0 Å². The van der Waals surface area contributed by atoms with E-state index < -0.39 is 0 Å². The second kappa shape index (κ2) is 9.35. The minimum Gasteiger partial charge on any atom is -0.456 e. The highest BCUT2D eigenvalue weighted by Gasteiger charge is 2.19. The molecule has 3 nitrogen and oxygen atoms in total. The number of benzene rings is 6. The molecule has 0 radical (unpaired) electrons. The first-order valence-corrected chi connectivity index (χ1v) is 15.7. The predicted molar refractivity (Wildman–Crippen MR) is 188 cm³/mol. The van der Waals surface area contributed by atoms with Gasteiger partial charge in [0, 0.05) is 44.0 Å². The summed E-state index contributed by atoms with van der Waals surface area (Å²) in [5, 5.41) is 6.15. The van der Waals surface area contributed by atoms with Crippen molar-refractivity contribution in [1.29, 1.82) is 0 Å². The molecule has 6 aromatic carbocycles. The lowest BCUT2D eigenvalue weighted by Gasteiger charge is -2.12. The van der Waals surface area contributed by atoms with Crippen LogP contribution in [0.4, 0.5) is 0 Å². The lowest BCUT2D eigenvalue weighted by Crippen LogP contribution is -2.00. The van der Waals surface area contributed by atoms with E-state index in [4.69, 9.17) is 4.42 Å². The number of hydrogen-bond donors (Lipinski definition) is 0. The molecule has 1 aliphatic rings. The fourth-order valence-corrected chi connectivity index (χ4v) is 7.57. The third-order valence-electron chi connectivity index (χ3n) is 9.59. The second-order valence-corrected chi connectivity index (χ2v) is 12.1. The van der Waals surface area contributed by atoms with E-state index in [2.05, 4.69) is 155 Å². The van der Waals surface area contributed by atoms with Gasteiger partial charge in [-0.1, -0.05) is 78.9 Å². The molecule has 3 aromatic heterocycles. The smallest absolute Gasteiger partial charge is 0.135 e. The van der Waals surface area contributed by atoms with Crippen LogP contribution in [0.25, 0.3) is 83.2 Å². The van der Waals surface area contributed by atoms with Gasteiger partial charge in [-0.2, -0.15) is 0 Å². The van der Waals surface area contributed by atoms with E-state index in [1.54, 1.807) is 0 Å². The van der Waals surface area contributed by atoms with Gasteiger partial charge in [0.2, 0.25) is 0 Å². The van der Waals surface area contributed by atoms with Crippen molar-refractivity contribution in [3.8, 4) is 22.5 Å². The standard InChI is InChI=1S/C42H28N2O/c1-5-16-37-31(12-1)32-13-2-6-17-38(32)43(37)29-11-9-10-27(24-29)28-20-22-41-35(25-28)36-26-30(21-23-42(36)45-41)44-39-18-7-3-14-33(39)34-15-4-8-19-40(34)44/h1-3,5-14,16-26H,4,15H2. The number of furan rings is 1. The summed E-state index contributed by atoms with van der Waals surface area (Å²) >= 11 is 0. The zero-order valence-electron chi connectivity index (χ0n) is 24.6. The Bertz CT molecular complexity index is 2610. The van der Waals surface area contributed by atoms with Crippen molar-refractivity contribution < 1.29 is 4.42 Å². The van der Waals surface area contributed by atoms with Gasteiger partial charge in [0.15, 0.2) is 0 Å². The van der Waals surface area contributed by atoms with E-state index in [0.717, 1.165) is 46.2 Å². The Morgan fingerprint density at radius 1 is 0.467 bits per heavy atom. The van der Waals surface area contributed by atoms with Crippen LogP contribution in [0.2, 0.25) is 0 Å². The van der Waals surface area contributed by atoms with Gasteiger partial charge in [-0.25, -0.2) is 0 Å². The normalized spacial score (nSPS) is 13.1. The van der Waals surface area contributed by atoms with E-state index >= 15 is 0 Å². The number of aromatic nitrogens is 2. The van der Waals surface area contributed by atoms with Crippen LogP contribution in [-0.2, 0) is 6.42 Å². The lowest BCUT2D eigenvalue weighted by atomic mass is 10.0. The molecule has 0 fully saturated rings. The first kappa shape index (κ1) is 24.6. The number of para-hydroxylation sites is 3. The van der Waals surface area contributed by atoms with Gasteiger partial charge in [-0.15, -0.1) is 0 Å². The zero-order valence-corrected chi connectivity index (χ0v) is 24.6. The topological polar surface area (TPSA) is 23.0 Å². The van der Waals surface area contributed by atoms with Crippen molar-refractivity contribution in [2.45, 2.75) is 12.8 Å². The molecular formula is C42H28N2O. The van der Waals surface area contributed by atoms with Gasteiger partial charge in [-0.05, 0) is 96.3 Å². The average molecular weight is 577 g/mol. The average Bonchev–Trinajstić information content (AvgIpc) is 3.75. The van der Waals surface area contributed by atoms with E-state index in [9.17, 15) is 0 Å². The highest BCUT2D eigenvalue weighted by Crippen LogP contribution is 2.38. The number of nitrogens with zero attached hydrogens (tertiary/aromatic N) is 2. The summed E-state index contributed by atoms with van der Waals surface area (Å²) in [6.45, 7) is 0. The Balaban J connectivity index is 1.14. The molecule has 0 aliphatic heterocycles. The summed E-state index contributed by atoms with van der Waals surface area (Å²) in [6, 6.07) is 48.2. The number of rotatable bonds is 3. The summed E-state index contributed by atoms with van der Waals surface area (Å²) in [7, 11) is 0. The molecule has 0 unspecified atom stereocenters. The molecule has 0 saturated heterocycles. The molecule has 0 saturated carbocycles. The third-order valence-corrected chi connectivity index (χ3v) is 9.59. The van der Waals surface area contributed by atoms with Gasteiger partial charge in [0.1, 0.15) is 11.2 Å². The number of aryl methyl sites for hydroxylation is 1. The van der Waals surface area contributed by atoms with Crippen molar-refractivity contribution in [3.05, 3.63) is 151 Å². The van der Waals surface area contributed by atoms with Gasteiger partial charge in [0.25, 0.3) is 0 Å². The highest BCUT2D eigenvalue weighted by molar-refractivity contribution is 6.10. The summed E-state index contributed by atoms with van der Waals surface area (Å²) in [5.41, 5.74) is 12.9. The van der Waals surface area contributed by atoms with Crippen LogP contribution in [-0.4, -0.2) is 9.13 Å². The second-order valence-electron chi connectivity index (χ2n) is 12.1. The molecule has 3 heteroatoms. The van der Waals surface area contributed by atoms with E-state index in [1.807, 2.05) is 0 Å². The molecule has 0 atom stereocenters. The largest absolute Gasteiger partial charge is 0.456 e. The maximum absolute atomic E-state index is 6.37. The Labute approximate surface area is 259 Å². The van der Waals surface area contributed by atoms with E-state index in [0.29, 0.717) is 0 Å². The maximum atomic E-state index is 6.37. The maximum Gasteiger partial charge on any atom is 0.135 e. The molecule has 0 N–H and O–H groups in total. The van der Waals surface area contributed by atoms with Crippen LogP contribution < -0.4 is 0 Å². The van der Waals surface area contributed by atoms with Gasteiger partial charge < -0.3 is 13.6 Å². The van der Waals surface area contributed by atoms with Crippen molar-refractivity contribution in [2.75, 3.05) is 0 Å². The molecule has 9 aromatic rings. The molecule has 212 valence electrons. The van der Waals surface area contributed by atoms with Crippen LogP contribution in [0.1, 0.15) is 17.7 Å². The minimum atomic E-state index is 0.906. The van der Waals surface area contributed by atoms with Crippen LogP contribution in [0.15, 0.2) is 144 Å². The summed E-state index contributed by atoms with van der Waals surface area (Å²) < 4.78 is 11.2. The Kier molecular flexibility index (Phi) is 5.11. The lowest BCUT2D eigenvalue weighted by molar-refractivity contribution is 0.669. The van der Waals surface area contributed by atoms with Crippen molar-refractivity contribution in [1.82, 2.24) is 9.13 Å². The van der Waals surface area contributed by atoms with Crippen LogP contribution >= 0.6 is 0 Å². The zero-order chi connectivity index (χ0) is 29.5. The minimum absolute atomic E-state index is 0.906. The summed E-state index contributed by atoms with van der Waals surface area (Å²) in [6.07, 6.45) is 6.75. The Morgan fingerprint density at radius 2 is 1.09 bits per heavy atom. The van der Waals surface area contributed by atoms with Gasteiger partial charge in [0.05, 0.1) is 16.6 Å².